The normalized spacial score (nSPS) is 12.7. The van der Waals surface area contributed by atoms with Gasteiger partial charge < -0.3 is 10.5 Å². The van der Waals surface area contributed by atoms with Crippen LogP contribution in [0.2, 0.25) is 5.02 Å². The lowest BCUT2D eigenvalue weighted by molar-refractivity contribution is 0.141. The van der Waals surface area contributed by atoms with E-state index < -0.39 is 15.6 Å². The average Bonchev–Trinajstić information content (AvgIpc) is 2.27. The van der Waals surface area contributed by atoms with Crippen LogP contribution in [0.4, 0.5) is 0 Å². The van der Waals surface area contributed by atoms with Gasteiger partial charge in [0.15, 0.2) is 0 Å². The summed E-state index contributed by atoms with van der Waals surface area (Å²) >= 11 is 5.97. The fraction of sp³-hybridized carbons (Fsp3) is 0.500. The van der Waals surface area contributed by atoms with Gasteiger partial charge in [0.25, 0.3) is 0 Å². The van der Waals surface area contributed by atoms with Gasteiger partial charge in [0, 0.05) is 18.7 Å². The molecule has 0 unspecified atom stereocenters. The number of rotatable bonds is 6. The van der Waals surface area contributed by atoms with E-state index in [1.54, 1.807) is 19.9 Å². The van der Waals surface area contributed by atoms with Gasteiger partial charge in [-0.25, -0.2) is 13.1 Å². The van der Waals surface area contributed by atoms with E-state index in [0.717, 1.165) is 0 Å². The maximum Gasteiger partial charge on any atom is 0.241 e. The van der Waals surface area contributed by atoms with Crippen LogP contribution in [0.15, 0.2) is 23.1 Å². The van der Waals surface area contributed by atoms with E-state index in [9.17, 15) is 8.42 Å². The fourth-order valence-corrected chi connectivity index (χ4v) is 3.42. The van der Waals surface area contributed by atoms with Crippen molar-refractivity contribution in [1.29, 1.82) is 0 Å². The summed E-state index contributed by atoms with van der Waals surface area (Å²) in [5.74, 6) is 0. The summed E-state index contributed by atoms with van der Waals surface area (Å²) in [6.07, 6.45) is 0. The highest BCUT2D eigenvalue weighted by Gasteiger charge is 2.26. The molecule has 0 amide bonds. The van der Waals surface area contributed by atoms with Crippen LogP contribution in [0.5, 0.6) is 0 Å². The lowest BCUT2D eigenvalue weighted by Crippen LogP contribution is -2.46. The minimum atomic E-state index is -3.64. The highest BCUT2D eigenvalue weighted by atomic mass is 35.5. The molecule has 0 radical (unpaired) electrons. The molecule has 0 aliphatic heterocycles. The van der Waals surface area contributed by atoms with Crippen molar-refractivity contribution in [1.82, 2.24) is 4.72 Å². The van der Waals surface area contributed by atoms with Crippen molar-refractivity contribution in [2.24, 2.45) is 5.73 Å². The zero-order chi connectivity index (χ0) is 14.7. The molecule has 0 fully saturated rings. The maximum absolute atomic E-state index is 12.2. The Labute approximate surface area is 119 Å². The number of sulfonamides is 1. The standard InChI is InChI=1S/C12H19ClN2O3S/c1-12(2,8-18-3)15-19(16,17)10-5-4-9(7-14)11(13)6-10/h4-6,15H,7-8,14H2,1-3H3. The van der Waals surface area contributed by atoms with Crippen LogP contribution >= 0.6 is 11.6 Å². The van der Waals surface area contributed by atoms with Crippen molar-refractivity contribution in [3.8, 4) is 0 Å². The molecule has 0 heterocycles. The first-order valence-electron chi connectivity index (χ1n) is 5.73. The smallest absolute Gasteiger partial charge is 0.241 e. The number of nitrogens with two attached hydrogens (primary N) is 1. The second-order valence-corrected chi connectivity index (χ2v) is 6.97. The summed E-state index contributed by atoms with van der Waals surface area (Å²) in [4.78, 5) is 0.110. The lowest BCUT2D eigenvalue weighted by atomic mass is 10.1. The molecule has 1 aromatic carbocycles. The highest BCUT2D eigenvalue weighted by Crippen LogP contribution is 2.21. The fourth-order valence-electron chi connectivity index (χ4n) is 1.67. The minimum absolute atomic E-state index is 0.110. The van der Waals surface area contributed by atoms with Crippen LogP contribution in [0.25, 0.3) is 0 Å². The van der Waals surface area contributed by atoms with Gasteiger partial charge in [-0.2, -0.15) is 0 Å². The van der Waals surface area contributed by atoms with E-state index in [4.69, 9.17) is 22.1 Å². The van der Waals surface area contributed by atoms with Crippen LogP contribution in [-0.2, 0) is 21.3 Å². The Balaban J connectivity index is 3.04. The van der Waals surface area contributed by atoms with Crippen molar-refractivity contribution in [3.05, 3.63) is 28.8 Å². The molecule has 5 nitrogen and oxygen atoms in total. The molecular formula is C12H19ClN2O3S. The number of halogens is 1. The second kappa shape index (κ2) is 6.19. The van der Waals surface area contributed by atoms with Gasteiger partial charge in [-0.1, -0.05) is 17.7 Å². The van der Waals surface area contributed by atoms with E-state index in [0.29, 0.717) is 10.6 Å². The predicted molar refractivity (Wildman–Crippen MR) is 75.6 cm³/mol. The van der Waals surface area contributed by atoms with E-state index in [-0.39, 0.29) is 18.0 Å². The number of ether oxygens (including phenoxy) is 1. The van der Waals surface area contributed by atoms with Crippen LogP contribution in [0, 0.1) is 0 Å². The lowest BCUT2D eigenvalue weighted by Gasteiger charge is -2.25. The van der Waals surface area contributed by atoms with E-state index in [2.05, 4.69) is 4.72 Å². The summed E-state index contributed by atoms with van der Waals surface area (Å²) in [5, 5.41) is 0.343. The van der Waals surface area contributed by atoms with Gasteiger partial charge in [0.05, 0.1) is 17.0 Å². The Bertz CT molecular complexity index is 544. The van der Waals surface area contributed by atoms with Crippen LogP contribution in [-0.4, -0.2) is 27.7 Å². The van der Waals surface area contributed by atoms with Crippen molar-refractivity contribution in [2.45, 2.75) is 30.8 Å². The Hall–Kier alpha value is -0.660. The van der Waals surface area contributed by atoms with Gasteiger partial charge >= 0.3 is 0 Å². The Kier molecular flexibility index (Phi) is 5.34. The molecule has 0 aliphatic carbocycles. The number of hydrogen-bond acceptors (Lipinski definition) is 4. The molecule has 0 atom stereocenters. The third-order valence-corrected chi connectivity index (χ3v) is 4.52. The summed E-state index contributed by atoms with van der Waals surface area (Å²) in [6.45, 7) is 4.01. The number of hydrogen-bond donors (Lipinski definition) is 2. The number of methoxy groups -OCH3 is 1. The third kappa shape index (κ3) is 4.43. The first-order valence-corrected chi connectivity index (χ1v) is 7.59. The molecule has 3 N–H and O–H groups in total. The first-order chi connectivity index (χ1) is 8.72. The van der Waals surface area contributed by atoms with Crippen molar-refractivity contribution >= 4 is 21.6 Å². The molecule has 0 bridgehead atoms. The SMILES string of the molecule is COCC(C)(C)NS(=O)(=O)c1ccc(CN)c(Cl)c1. The molecule has 19 heavy (non-hydrogen) atoms. The van der Waals surface area contributed by atoms with Crippen LogP contribution < -0.4 is 10.5 Å². The first kappa shape index (κ1) is 16.4. The van der Waals surface area contributed by atoms with Gasteiger partial charge in [-0.05, 0) is 31.5 Å². The zero-order valence-electron chi connectivity index (χ0n) is 11.2. The number of nitrogens with one attached hydrogen (secondary N) is 1. The topological polar surface area (TPSA) is 81.4 Å². The van der Waals surface area contributed by atoms with E-state index in [1.165, 1.54) is 19.2 Å². The zero-order valence-corrected chi connectivity index (χ0v) is 12.8. The summed E-state index contributed by atoms with van der Waals surface area (Å²) in [6, 6.07) is 4.49. The predicted octanol–water partition coefficient (Wildman–Crippen LogP) is 1.50. The summed E-state index contributed by atoms with van der Waals surface area (Å²) in [7, 11) is -2.13. The van der Waals surface area contributed by atoms with Crippen molar-refractivity contribution in [2.75, 3.05) is 13.7 Å². The quantitative estimate of drug-likeness (QED) is 0.834. The van der Waals surface area contributed by atoms with E-state index in [1.807, 2.05) is 0 Å². The van der Waals surface area contributed by atoms with Gasteiger partial charge in [-0.3, -0.25) is 0 Å². The molecule has 0 saturated heterocycles. The molecule has 7 heteroatoms. The molecule has 0 aromatic heterocycles. The minimum Gasteiger partial charge on any atom is -0.383 e. The highest BCUT2D eigenvalue weighted by molar-refractivity contribution is 7.89. The Morgan fingerprint density at radius 1 is 1.42 bits per heavy atom. The number of benzene rings is 1. The monoisotopic (exact) mass is 306 g/mol. The van der Waals surface area contributed by atoms with Gasteiger partial charge in [0.2, 0.25) is 10.0 Å². The van der Waals surface area contributed by atoms with Crippen molar-refractivity contribution in [3.63, 3.8) is 0 Å². The molecule has 108 valence electrons. The third-order valence-electron chi connectivity index (χ3n) is 2.47. The summed E-state index contributed by atoms with van der Waals surface area (Å²) in [5.41, 5.74) is 5.49. The van der Waals surface area contributed by atoms with Crippen molar-refractivity contribution < 1.29 is 13.2 Å². The molecular weight excluding hydrogens is 288 g/mol. The second-order valence-electron chi connectivity index (χ2n) is 4.88. The average molecular weight is 307 g/mol. The van der Waals surface area contributed by atoms with Crippen LogP contribution in [0.3, 0.4) is 0 Å². The maximum atomic E-state index is 12.2. The summed E-state index contributed by atoms with van der Waals surface area (Å²) < 4.78 is 32.0. The van der Waals surface area contributed by atoms with E-state index >= 15 is 0 Å². The van der Waals surface area contributed by atoms with Gasteiger partial charge in [0.1, 0.15) is 0 Å². The molecule has 1 rings (SSSR count). The Morgan fingerprint density at radius 2 is 2.05 bits per heavy atom. The van der Waals surface area contributed by atoms with Crippen LogP contribution in [0.1, 0.15) is 19.4 Å². The molecule has 0 saturated carbocycles. The molecule has 1 aromatic rings. The van der Waals surface area contributed by atoms with Gasteiger partial charge in [-0.15, -0.1) is 0 Å². The molecule has 0 spiro atoms. The largest absolute Gasteiger partial charge is 0.383 e. The molecule has 0 aliphatic rings. The Morgan fingerprint density at radius 3 is 2.53 bits per heavy atom.